The molecule has 26 heavy (non-hydrogen) atoms. The molecule has 3 rings (SSSR count). The number of ether oxygens (including phenoxy) is 1. The van der Waals surface area contributed by atoms with Gasteiger partial charge in [-0.2, -0.15) is 9.78 Å². The summed E-state index contributed by atoms with van der Waals surface area (Å²) in [6.45, 7) is 1.66. The van der Waals surface area contributed by atoms with E-state index in [0.29, 0.717) is 28.0 Å². The maximum Gasteiger partial charge on any atom is 0.282 e. The minimum absolute atomic E-state index is 0.100. The zero-order valence-electron chi connectivity index (χ0n) is 13.8. The highest BCUT2D eigenvalue weighted by Gasteiger charge is 2.11. The van der Waals surface area contributed by atoms with Crippen LogP contribution in [0, 0.1) is 17.0 Å². The molecule has 0 unspecified atom stereocenters. The maximum atomic E-state index is 12.7. The number of aryl methyl sites for hydroxylation is 1. The summed E-state index contributed by atoms with van der Waals surface area (Å²) in [4.78, 5) is 27.5. The second kappa shape index (κ2) is 7.04. The van der Waals surface area contributed by atoms with Gasteiger partial charge < -0.3 is 4.74 Å². The molecule has 1 aromatic heterocycles. The SMILES string of the molecule is COc1ccc([N+](=O)[O-])cc1C=Nn1c(C)nc2ccc(Br)cc2c1=O. The van der Waals surface area contributed by atoms with Gasteiger partial charge in [0.2, 0.25) is 0 Å². The summed E-state index contributed by atoms with van der Waals surface area (Å²) in [5, 5.41) is 15.5. The Bertz CT molecular complexity index is 1110. The van der Waals surface area contributed by atoms with Gasteiger partial charge in [-0.15, -0.1) is 0 Å². The van der Waals surface area contributed by atoms with E-state index in [-0.39, 0.29) is 11.2 Å². The van der Waals surface area contributed by atoms with Crippen molar-refractivity contribution in [1.82, 2.24) is 9.66 Å². The molecule has 3 aromatic rings. The van der Waals surface area contributed by atoms with E-state index in [4.69, 9.17) is 4.74 Å². The van der Waals surface area contributed by atoms with Crippen LogP contribution in [-0.2, 0) is 0 Å². The number of halogens is 1. The van der Waals surface area contributed by atoms with Crippen molar-refractivity contribution in [3.8, 4) is 5.75 Å². The van der Waals surface area contributed by atoms with Crippen molar-refractivity contribution < 1.29 is 9.66 Å². The van der Waals surface area contributed by atoms with E-state index >= 15 is 0 Å². The number of nitrogens with zero attached hydrogens (tertiary/aromatic N) is 4. The third-order valence-electron chi connectivity index (χ3n) is 3.71. The Morgan fingerprint density at radius 1 is 1.31 bits per heavy atom. The van der Waals surface area contributed by atoms with Crippen molar-refractivity contribution in [3.05, 3.63) is 72.7 Å². The van der Waals surface area contributed by atoms with Crippen LogP contribution >= 0.6 is 15.9 Å². The Morgan fingerprint density at radius 2 is 2.08 bits per heavy atom. The second-order valence-electron chi connectivity index (χ2n) is 5.37. The van der Waals surface area contributed by atoms with E-state index in [0.717, 1.165) is 9.15 Å². The summed E-state index contributed by atoms with van der Waals surface area (Å²) in [7, 11) is 1.45. The Kier molecular flexibility index (Phi) is 4.81. The smallest absolute Gasteiger partial charge is 0.282 e. The van der Waals surface area contributed by atoms with Crippen LogP contribution in [0.5, 0.6) is 5.75 Å². The average Bonchev–Trinajstić information content (AvgIpc) is 2.62. The van der Waals surface area contributed by atoms with Gasteiger partial charge in [0.1, 0.15) is 11.6 Å². The zero-order chi connectivity index (χ0) is 18.8. The first-order valence-electron chi connectivity index (χ1n) is 7.46. The van der Waals surface area contributed by atoms with Gasteiger partial charge in [-0.05, 0) is 31.2 Å². The van der Waals surface area contributed by atoms with Crippen LogP contribution in [0.1, 0.15) is 11.4 Å². The first kappa shape index (κ1) is 17.7. The topological polar surface area (TPSA) is 99.6 Å². The van der Waals surface area contributed by atoms with Crippen LogP contribution in [0.2, 0.25) is 0 Å². The van der Waals surface area contributed by atoms with Crippen molar-refractivity contribution in [3.63, 3.8) is 0 Å². The fraction of sp³-hybridized carbons (Fsp3) is 0.118. The zero-order valence-corrected chi connectivity index (χ0v) is 15.4. The van der Waals surface area contributed by atoms with Crippen LogP contribution < -0.4 is 10.3 Å². The lowest BCUT2D eigenvalue weighted by molar-refractivity contribution is -0.384. The number of nitro benzene ring substituents is 1. The molecule has 8 nitrogen and oxygen atoms in total. The predicted octanol–water partition coefficient (Wildman–Crippen LogP) is 3.27. The molecule has 132 valence electrons. The third kappa shape index (κ3) is 3.33. The molecule has 0 atom stereocenters. The molecule has 0 N–H and O–H groups in total. The number of rotatable bonds is 4. The second-order valence-corrected chi connectivity index (χ2v) is 6.28. The summed E-state index contributed by atoms with van der Waals surface area (Å²) in [6.07, 6.45) is 1.34. The Labute approximate surface area is 156 Å². The van der Waals surface area contributed by atoms with Gasteiger partial charge >= 0.3 is 0 Å². The fourth-order valence-corrected chi connectivity index (χ4v) is 2.81. The Balaban J connectivity index is 2.13. The number of hydrogen-bond acceptors (Lipinski definition) is 6. The van der Waals surface area contributed by atoms with E-state index in [2.05, 4.69) is 26.0 Å². The highest BCUT2D eigenvalue weighted by molar-refractivity contribution is 9.10. The van der Waals surface area contributed by atoms with Gasteiger partial charge in [-0.3, -0.25) is 14.9 Å². The average molecular weight is 417 g/mol. The normalized spacial score (nSPS) is 11.2. The number of benzene rings is 2. The summed E-state index contributed by atoms with van der Waals surface area (Å²) >= 11 is 3.33. The van der Waals surface area contributed by atoms with E-state index in [1.807, 2.05) is 0 Å². The van der Waals surface area contributed by atoms with Crippen molar-refractivity contribution in [1.29, 1.82) is 0 Å². The van der Waals surface area contributed by atoms with Crippen molar-refractivity contribution in [2.24, 2.45) is 5.10 Å². The lowest BCUT2D eigenvalue weighted by atomic mass is 10.2. The van der Waals surface area contributed by atoms with Crippen LogP contribution in [-0.4, -0.2) is 27.9 Å². The van der Waals surface area contributed by atoms with Crippen LogP contribution in [0.15, 0.2) is 50.8 Å². The van der Waals surface area contributed by atoms with Gasteiger partial charge in [0.25, 0.3) is 11.2 Å². The summed E-state index contributed by atoms with van der Waals surface area (Å²) in [6, 6.07) is 9.35. The number of non-ortho nitro benzene ring substituents is 1. The Morgan fingerprint density at radius 3 is 2.77 bits per heavy atom. The molecule has 0 aliphatic rings. The quantitative estimate of drug-likeness (QED) is 0.369. The number of hydrogen-bond donors (Lipinski definition) is 0. The van der Waals surface area contributed by atoms with Crippen molar-refractivity contribution in [2.75, 3.05) is 7.11 Å². The summed E-state index contributed by atoms with van der Waals surface area (Å²) in [5.74, 6) is 0.798. The molecular formula is C17H13BrN4O4. The molecule has 0 aliphatic carbocycles. The van der Waals surface area contributed by atoms with Gasteiger partial charge in [0.05, 0.1) is 29.2 Å². The van der Waals surface area contributed by atoms with E-state index in [1.54, 1.807) is 25.1 Å². The molecular weight excluding hydrogens is 404 g/mol. The van der Waals surface area contributed by atoms with Gasteiger partial charge in [-0.25, -0.2) is 4.98 Å². The molecule has 0 saturated heterocycles. The first-order valence-corrected chi connectivity index (χ1v) is 8.25. The van der Waals surface area contributed by atoms with E-state index in [1.165, 1.54) is 31.5 Å². The van der Waals surface area contributed by atoms with E-state index in [9.17, 15) is 14.9 Å². The van der Waals surface area contributed by atoms with Crippen molar-refractivity contribution >= 4 is 38.7 Å². The molecule has 0 spiro atoms. The van der Waals surface area contributed by atoms with Gasteiger partial charge in [-0.1, -0.05) is 15.9 Å². The monoisotopic (exact) mass is 416 g/mol. The minimum atomic E-state index is -0.511. The Hall–Kier alpha value is -3.07. The highest BCUT2D eigenvalue weighted by Crippen LogP contribution is 2.22. The fourth-order valence-electron chi connectivity index (χ4n) is 2.45. The molecule has 9 heteroatoms. The largest absolute Gasteiger partial charge is 0.496 e. The van der Waals surface area contributed by atoms with Crippen LogP contribution in [0.4, 0.5) is 5.69 Å². The predicted molar refractivity (Wildman–Crippen MR) is 101 cm³/mol. The van der Waals surface area contributed by atoms with Gasteiger partial charge in [0, 0.05) is 22.2 Å². The minimum Gasteiger partial charge on any atom is -0.496 e. The molecule has 2 aromatic carbocycles. The molecule has 0 aliphatic heterocycles. The lowest BCUT2D eigenvalue weighted by Gasteiger charge is -2.07. The van der Waals surface area contributed by atoms with E-state index < -0.39 is 4.92 Å². The summed E-state index contributed by atoms with van der Waals surface area (Å²) < 4.78 is 7.09. The molecule has 0 bridgehead atoms. The first-order chi connectivity index (χ1) is 12.4. The molecule has 1 heterocycles. The number of nitro groups is 1. The molecule has 0 radical (unpaired) electrons. The standard InChI is InChI=1S/C17H13BrN4O4/c1-10-20-15-5-3-12(18)8-14(15)17(23)21(10)19-9-11-7-13(22(24)25)4-6-16(11)26-2/h3-9H,1-2H3. The van der Waals surface area contributed by atoms with Gasteiger partial charge in [0.15, 0.2) is 0 Å². The number of fused-ring (bicyclic) bond motifs is 1. The maximum absolute atomic E-state index is 12.7. The third-order valence-corrected chi connectivity index (χ3v) is 4.20. The van der Waals surface area contributed by atoms with Crippen molar-refractivity contribution in [2.45, 2.75) is 6.92 Å². The molecule has 0 fully saturated rings. The lowest BCUT2D eigenvalue weighted by Crippen LogP contribution is -2.20. The summed E-state index contributed by atoms with van der Waals surface area (Å²) in [5.41, 5.74) is 0.503. The highest BCUT2D eigenvalue weighted by atomic mass is 79.9. The number of aromatic nitrogens is 2. The van der Waals surface area contributed by atoms with Crippen LogP contribution in [0.25, 0.3) is 10.9 Å². The number of methoxy groups -OCH3 is 1. The van der Waals surface area contributed by atoms with Crippen LogP contribution in [0.3, 0.4) is 0 Å². The molecule has 0 amide bonds. The molecule has 0 saturated carbocycles.